The molecule has 0 saturated heterocycles. The molecule has 0 unspecified atom stereocenters. The van der Waals surface area contributed by atoms with Gasteiger partial charge in [-0.05, 0) is 30.0 Å². The summed E-state index contributed by atoms with van der Waals surface area (Å²) < 4.78 is 5.11. The summed E-state index contributed by atoms with van der Waals surface area (Å²) in [5.41, 5.74) is 1.30. The van der Waals surface area contributed by atoms with Gasteiger partial charge in [0.1, 0.15) is 5.75 Å². The topological polar surface area (TPSA) is 104 Å². The van der Waals surface area contributed by atoms with E-state index in [1.165, 1.54) is 7.11 Å². The Morgan fingerprint density at radius 3 is 2.37 bits per heavy atom. The highest BCUT2D eigenvalue weighted by molar-refractivity contribution is 5.93. The van der Waals surface area contributed by atoms with E-state index in [1.54, 1.807) is 18.2 Å². The van der Waals surface area contributed by atoms with E-state index in [2.05, 4.69) is 0 Å². The smallest absolute Gasteiger partial charge is 0.318 e. The van der Waals surface area contributed by atoms with Crippen molar-refractivity contribution in [1.82, 2.24) is 0 Å². The molecular formula is C13H16O6. The summed E-state index contributed by atoms with van der Waals surface area (Å²) in [6.07, 6.45) is 0.259. The molecule has 0 aliphatic heterocycles. The Morgan fingerprint density at radius 1 is 1.26 bits per heavy atom. The minimum absolute atomic E-state index is 0.0684. The van der Waals surface area contributed by atoms with E-state index in [4.69, 9.17) is 20.1 Å². The van der Waals surface area contributed by atoms with Crippen molar-refractivity contribution in [3.8, 4) is 5.75 Å². The van der Waals surface area contributed by atoms with Crippen molar-refractivity contribution in [3.05, 3.63) is 29.3 Å². The van der Waals surface area contributed by atoms with Gasteiger partial charge in [0, 0.05) is 6.61 Å². The van der Waals surface area contributed by atoms with Crippen molar-refractivity contribution < 1.29 is 29.6 Å². The van der Waals surface area contributed by atoms with Crippen LogP contribution in [0.3, 0.4) is 0 Å². The van der Waals surface area contributed by atoms with Gasteiger partial charge in [-0.25, -0.2) is 0 Å². The number of benzene rings is 1. The Labute approximate surface area is 110 Å². The van der Waals surface area contributed by atoms with Gasteiger partial charge < -0.3 is 20.1 Å². The lowest BCUT2D eigenvalue weighted by Crippen LogP contribution is -2.25. The number of ether oxygens (including phenoxy) is 1. The number of rotatable bonds is 7. The molecule has 104 valence electrons. The molecular weight excluding hydrogens is 252 g/mol. The second-order valence-corrected chi connectivity index (χ2v) is 4.05. The Kier molecular flexibility index (Phi) is 5.32. The van der Waals surface area contributed by atoms with Gasteiger partial charge in [0.2, 0.25) is 0 Å². The lowest BCUT2D eigenvalue weighted by Gasteiger charge is -2.12. The number of aliphatic carboxylic acids is 2. The van der Waals surface area contributed by atoms with Crippen LogP contribution in [0.1, 0.15) is 11.1 Å². The average molecular weight is 268 g/mol. The van der Waals surface area contributed by atoms with Crippen molar-refractivity contribution in [2.24, 2.45) is 5.92 Å². The maximum absolute atomic E-state index is 10.8. The van der Waals surface area contributed by atoms with E-state index in [0.29, 0.717) is 17.7 Å². The Hall–Kier alpha value is -2.08. The first-order chi connectivity index (χ1) is 8.99. The molecule has 0 bridgehead atoms. The monoisotopic (exact) mass is 268 g/mol. The zero-order valence-corrected chi connectivity index (χ0v) is 10.5. The second kappa shape index (κ2) is 6.75. The lowest BCUT2D eigenvalue weighted by molar-refractivity contribution is -0.154. The normalized spacial score (nSPS) is 10.5. The number of carboxylic acid groups (broad SMARTS) is 2. The summed E-state index contributed by atoms with van der Waals surface area (Å²) in [7, 11) is 1.49. The van der Waals surface area contributed by atoms with Crippen molar-refractivity contribution in [3.63, 3.8) is 0 Å². The summed E-state index contributed by atoms with van der Waals surface area (Å²) in [6, 6.07) is 4.92. The molecule has 1 aromatic carbocycles. The highest BCUT2D eigenvalue weighted by Crippen LogP contribution is 2.22. The first kappa shape index (κ1) is 15.0. The minimum Gasteiger partial charge on any atom is -0.496 e. The molecule has 0 fully saturated rings. The zero-order chi connectivity index (χ0) is 14.4. The minimum atomic E-state index is -1.48. The van der Waals surface area contributed by atoms with Crippen LogP contribution in [0.2, 0.25) is 0 Å². The maximum atomic E-state index is 10.8. The molecule has 0 spiro atoms. The van der Waals surface area contributed by atoms with Gasteiger partial charge in [-0.3, -0.25) is 9.59 Å². The van der Waals surface area contributed by atoms with E-state index in [9.17, 15) is 9.59 Å². The van der Waals surface area contributed by atoms with Crippen LogP contribution in [0, 0.1) is 5.92 Å². The van der Waals surface area contributed by atoms with E-state index in [-0.39, 0.29) is 13.0 Å². The Bertz CT molecular complexity index is 454. The van der Waals surface area contributed by atoms with Gasteiger partial charge in [-0.15, -0.1) is 0 Å². The van der Waals surface area contributed by atoms with Crippen LogP contribution in [-0.4, -0.2) is 41.0 Å². The largest absolute Gasteiger partial charge is 0.496 e. The van der Waals surface area contributed by atoms with Gasteiger partial charge in [-0.1, -0.05) is 12.1 Å². The molecule has 0 aliphatic carbocycles. The average Bonchev–Trinajstić information content (AvgIpc) is 2.36. The molecule has 1 aromatic rings. The van der Waals surface area contributed by atoms with Crippen LogP contribution in [0.5, 0.6) is 5.75 Å². The van der Waals surface area contributed by atoms with Gasteiger partial charge in [0.15, 0.2) is 5.92 Å². The van der Waals surface area contributed by atoms with Gasteiger partial charge in [0.25, 0.3) is 0 Å². The molecule has 0 aliphatic rings. The summed E-state index contributed by atoms with van der Waals surface area (Å²) in [5.74, 6) is -3.63. The van der Waals surface area contributed by atoms with Crippen LogP contribution in [0.25, 0.3) is 0 Å². The van der Waals surface area contributed by atoms with E-state index in [1.807, 2.05) is 0 Å². The number of hydrogen-bond donors (Lipinski definition) is 3. The number of carboxylic acids is 2. The van der Waals surface area contributed by atoms with Crippen LogP contribution in [0.15, 0.2) is 18.2 Å². The van der Waals surface area contributed by atoms with Crippen LogP contribution < -0.4 is 4.74 Å². The summed E-state index contributed by atoms with van der Waals surface area (Å²) in [5, 5.41) is 26.6. The molecule has 3 N–H and O–H groups in total. The highest BCUT2D eigenvalue weighted by atomic mass is 16.5. The van der Waals surface area contributed by atoms with Gasteiger partial charge >= 0.3 is 11.9 Å². The Balaban J connectivity index is 2.98. The third-order valence-corrected chi connectivity index (χ3v) is 2.76. The van der Waals surface area contributed by atoms with Crippen LogP contribution in [-0.2, 0) is 22.4 Å². The number of hydrogen-bond acceptors (Lipinski definition) is 4. The van der Waals surface area contributed by atoms with Gasteiger partial charge in [0.05, 0.1) is 7.11 Å². The zero-order valence-electron chi connectivity index (χ0n) is 10.5. The highest BCUT2D eigenvalue weighted by Gasteiger charge is 2.26. The Morgan fingerprint density at radius 2 is 1.89 bits per heavy atom. The predicted octanol–water partition coefficient (Wildman–Crippen LogP) is 0.558. The number of aliphatic hydroxyl groups is 1. The second-order valence-electron chi connectivity index (χ2n) is 4.05. The lowest BCUT2D eigenvalue weighted by atomic mass is 9.97. The molecule has 6 heteroatoms. The fraction of sp³-hybridized carbons (Fsp3) is 0.385. The molecule has 0 saturated carbocycles. The number of aliphatic hydroxyl groups excluding tert-OH is 1. The van der Waals surface area contributed by atoms with Crippen molar-refractivity contribution >= 4 is 11.9 Å². The number of carbonyl (C=O) groups is 2. The molecule has 6 nitrogen and oxygen atoms in total. The van der Waals surface area contributed by atoms with E-state index < -0.39 is 17.9 Å². The van der Waals surface area contributed by atoms with Crippen molar-refractivity contribution in [1.29, 1.82) is 0 Å². The fourth-order valence-corrected chi connectivity index (χ4v) is 1.79. The van der Waals surface area contributed by atoms with Crippen LogP contribution >= 0.6 is 0 Å². The SMILES string of the molecule is COc1ccc(CC(C(=O)O)C(=O)O)cc1CCO. The standard InChI is InChI=1S/C13H16O6/c1-19-11-3-2-8(6-9(11)4-5-14)7-10(12(15)16)13(17)18/h2-3,6,10,14H,4-5,7H2,1H3,(H,15,16)(H,17,18). The third kappa shape index (κ3) is 3.96. The summed E-state index contributed by atoms with van der Waals surface area (Å²) >= 11 is 0. The molecule has 0 heterocycles. The molecule has 0 radical (unpaired) electrons. The van der Waals surface area contributed by atoms with Crippen molar-refractivity contribution in [2.45, 2.75) is 12.8 Å². The number of methoxy groups -OCH3 is 1. The molecule has 1 rings (SSSR count). The van der Waals surface area contributed by atoms with E-state index >= 15 is 0 Å². The summed E-state index contributed by atoms with van der Waals surface area (Å²) in [6.45, 7) is -0.0684. The van der Waals surface area contributed by atoms with E-state index in [0.717, 1.165) is 5.56 Å². The molecule has 0 amide bonds. The summed E-state index contributed by atoms with van der Waals surface area (Å²) in [4.78, 5) is 21.7. The molecule has 0 atom stereocenters. The van der Waals surface area contributed by atoms with Crippen molar-refractivity contribution in [2.75, 3.05) is 13.7 Å². The quantitative estimate of drug-likeness (QED) is 0.624. The first-order valence-corrected chi connectivity index (χ1v) is 5.71. The third-order valence-electron chi connectivity index (χ3n) is 2.76. The molecule has 0 aromatic heterocycles. The van der Waals surface area contributed by atoms with Crippen LogP contribution in [0.4, 0.5) is 0 Å². The first-order valence-electron chi connectivity index (χ1n) is 5.71. The van der Waals surface area contributed by atoms with Gasteiger partial charge in [-0.2, -0.15) is 0 Å². The molecule has 19 heavy (non-hydrogen) atoms. The fourth-order valence-electron chi connectivity index (χ4n) is 1.79. The maximum Gasteiger partial charge on any atom is 0.318 e. The predicted molar refractivity (Wildman–Crippen MR) is 66.2 cm³/mol.